The van der Waals surface area contributed by atoms with Gasteiger partial charge in [-0.05, 0) is 6.92 Å². The maximum Gasteiger partial charge on any atom is 0.271 e. The van der Waals surface area contributed by atoms with Gasteiger partial charge >= 0.3 is 0 Å². The molecule has 0 saturated carbocycles. The van der Waals surface area contributed by atoms with Crippen molar-refractivity contribution in [2.24, 2.45) is 0 Å². The summed E-state index contributed by atoms with van der Waals surface area (Å²) in [6, 6.07) is -0.352. The number of nitrogens with zero attached hydrogens (tertiary/aromatic N) is 2. The number of carbonyl (C=O) groups is 2. The predicted octanol–water partition coefficient (Wildman–Crippen LogP) is -0.879. The molecule has 2 heterocycles. The zero-order valence-electron chi connectivity index (χ0n) is 12.2. The summed E-state index contributed by atoms with van der Waals surface area (Å²) >= 11 is 0. The van der Waals surface area contributed by atoms with Crippen LogP contribution in [-0.2, 0) is 9.53 Å². The number of hydrogen-bond acceptors (Lipinski definition) is 6. The topological polar surface area (TPSA) is 105 Å². The van der Waals surface area contributed by atoms with E-state index in [0.717, 1.165) is 0 Å². The first-order valence-electron chi connectivity index (χ1n) is 6.85. The Bertz CT molecular complexity index is 488. The van der Waals surface area contributed by atoms with Gasteiger partial charge < -0.3 is 20.7 Å². The second-order valence-corrected chi connectivity index (χ2v) is 4.65. The molecule has 0 radical (unpaired) electrons. The quantitative estimate of drug-likeness (QED) is 0.606. The number of carbonyl (C=O) groups excluding carboxylic acids is 2. The van der Waals surface area contributed by atoms with Crippen molar-refractivity contribution in [2.75, 3.05) is 26.2 Å². The molecule has 1 saturated heterocycles. The van der Waals surface area contributed by atoms with Crippen LogP contribution in [0, 0.1) is 0 Å². The van der Waals surface area contributed by atoms with Crippen molar-refractivity contribution in [1.29, 1.82) is 0 Å². The lowest BCUT2D eigenvalue weighted by atomic mass is 10.1. The maximum atomic E-state index is 11.9. The van der Waals surface area contributed by atoms with Gasteiger partial charge in [-0.15, -0.1) is 12.4 Å². The molecule has 122 valence electrons. The van der Waals surface area contributed by atoms with E-state index in [2.05, 4.69) is 25.9 Å². The van der Waals surface area contributed by atoms with Crippen molar-refractivity contribution in [2.45, 2.75) is 19.1 Å². The Morgan fingerprint density at radius 1 is 1.36 bits per heavy atom. The van der Waals surface area contributed by atoms with Crippen LogP contribution in [-0.4, -0.2) is 60.2 Å². The zero-order valence-corrected chi connectivity index (χ0v) is 13.1. The van der Waals surface area contributed by atoms with Crippen molar-refractivity contribution < 1.29 is 14.3 Å². The highest BCUT2D eigenvalue weighted by Gasteiger charge is 2.27. The molecule has 1 fully saturated rings. The third kappa shape index (κ3) is 5.21. The summed E-state index contributed by atoms with van der Waals surface area (Å²) in [6.45, 7) is 3.79. The smallest absolute Gasteiger partial charge is 0.271 e. The van der Waals surface area contributed by atoms with Gasteiger partial charge in [0.15, 0.2) is 0 Å². The van der Waals surface area contributed by atoms with Gasteiger partial charge in [0.2, 0.25) is 5.91 Å². The summed E-state index contributed by atoms with van der Waals surface area (Å²) < 4.78 is 5.41. The lowest BCUT2D eigenvalue weighted by Gasteiger charge is -2.29. The maximum absolute atomic E-state index is 11.9. The van der Waals surface area contributed by atoms with Gasteiger partial charge in [0.25, 0.3) is 5.91 Å². The summed E-state index contributed by atoms with van der Waals surface area (Å²) in [5.41, 5.74) is 0.250. The fourth-order valence-corrected chi connectivity index (χ4v) is 2.01. The van der Waals surface area contributed by atoms with E-state index in [1.54, 1.807) is 0 Å². The molecule has 3 N–H and O–H groups in total. The van der Waals surface area contributed by atoms with E-state index in [4.69, 9.17) is 4.74 Å². The van der Waals surface area contributed by atoms with Crippen molar-refractivity contribution >= 4 is 24.2 Å². The summed E-state index contributed by atoms with van der Waals surface area (Å²) in [6.07, 6.45) is 4.18. The van der Waals surface area contributed by atoms with E-state index in [0.29, 0.717) is 26.2 Å². The molecule has 0 spiro atoms. The molecule has 1 aromatic rings. The van der Waals surface area contributed by atoms with Gasteiger partial charge in [0.1, 0.15) is 11.7 Å². The van der Waals surface area contributed by atoms with Crippen LogP contribution in [0.25, 0.3) is 0 Å². The Hall–Kier alpha value is -1.77. The standard InChI is InChI=1S/C13H19N5O3.ClH/c1-9-11(16-6-7-21-9)13(20)18-5-4-17-12(19)10-8-14-2-3-15-10;/h2-3,8-9,11,16H,4-7H2,1H3,(H,17,19)(H,18,20);1H/t9-,11+;/m1./s1. The lowest BCUT2D eigenvalue weighted by molar-refractivity contribution is -0.128. The molecule has 22 heavy (non-hydrogen) atoms. The third-order valence-corrected chi connectivity index (χ3v) is 3.10. The molecule has 0 aliphatic carbocycles. The van der Waals surface area contributed by atoms with Gasteiger partial charge in [-0.2, -0.15) is 0 Å². The summed E-state index contributed by atoms with van der Waals surface area (Å²) in [5, 5.41) is 8.52. The predicted molar refractivity (Wildman–Crippen MR) is 81.8 cm³/mol. The fourth-order valence-electron chi connectivity index (χ4n) is 2.01. The number of nitrogens with one attached hydrogen (secondary N) is 3. The van der Waals surface area contributed by atoms with Gasteiger partial charge in [-0.25, -0.2) is 4.98 Å². The highest BCUT2D eigenvalue weighted by Crippen LogP contribution is 2.03. The molecular weight excluding hydrogens is 310 g/mol. The Morgan fingerprint density at radius 3 is 2.82 bits per heavy atom. The largest absolute Gasteiger partial charge is 0.375 e. The number of aromatic nitrogens is 2. The van der Waals surface area contributed by atoms with Crippen LogP contribution in [0.1, 0.15) is 17.4 Å². The second kappa shape index (κ2) is 9.29. The highest BCUT2D eigenvalue weighted by molar-refractivity contribution is 5.91. The number of amides is 2. The molecule has 0 bridgehead atoms. The number of rotatable bonds is 5. The Labute approximate surface area is 134 Å². The number of halogens is 1. The van der Waals surface area contributed by atoms with Gasteiger partial charge in [0, 0.05) is 32.0 Å². The average molecular weight is 330 g/mol. The van der Waals surface area contributed by atoms with Crippen LogP contribution in [0.2, 0.25) is 0 Å². The molecule has 2 rings (SSSR count). The zero-order chi connectivity index (χ0) is 15.1. The van der Waals surface area contributed by atoms with Crippen molar-refractivity contribution in [3.05, 3.63) is 24.3 Å². The van der Waals surface area contributed by atoms with Gasteiger partial charge in [0.05, 0.1) is 18.9 Å². The van der Waals surface area contributed by atoms with Gasteiger partial charge in [-0.3, -0.25) is 14.6 Å². The minimum absolute atomic E-state index is 0. The molecule has 8 nitrogen and oxygen atoms in total. The van der Waals surface area contributed by atoms with Crippen molar-refractivity contribution in [1.82, 2.24) is 25.9 Å². The molecule has 1 aromatic heterocycles. The number of ether oxygens (including phenoxy) is 1. The van der Waals surface area contributed by atoms with Crippen molar-refractivity contribution in [3.63, 3.8) is 0 Å². The Kier molecular flexibility index (Phi) is 7.72. The van der Waals surface area contributed by atoms with E-state index in [-0.39, 0.29) is 42.1 Å². The average Bonchev–Trinajstić information content (AvgIpc) is 2.52. The summed E-state index contributed by atoms with van der Waals surface area (Å²) in [5.74, 6) is -0.444. The van der Waals surface area contributed by atoms with Crippen LogP contribution in [0.5, 0.6) is 0 Å². The molecule has 9 heteroatoms. The minimum Gasteiger partial charge on any atom is -0.375 e. The number of morpholine rings is 1. The van der Waals surface area contributed by atoms with E-state index in [1.807, 2.05) is 6.92 Å². The Morgan fingerprint density at radius 2 is 2.14 bits per heavy atom. The molecule has 1 aliphatic heterocycles. The first-order valence-corrected chi connectivity index (χ1v) is 6.85. The third-order valence-electron chi connectivity index (χ3n) is 3.10. The molecule has 2 amide bonds. The van der Waals surface area contributed by atoms with E-state index in [9.17, 15) is 9.59 Å². The second-order valence-electron chi connectivity index (χ2n) is 4.65. The monoisotopic (exact) mass is 329 g/mol. The molecule has 2 atom stereocenters. The lowest BCUT2D eigenvalue weighted by Crippen LogP contribution is -2.56. The number of hydrogen-bond donors (Lipinski definition) is 3. The van der Waals surface area contributed by atoms with Crippen molar-refractivity contribution in [3.8, 4) is 0 Å². The molecule has 0 aromatic carbocycles. The van der Waals surface area contributed by atoms with Gasteiger partial charge in [-0.1, -0.05) is 0 Å². The van der Waals surface area contributed by atoms with Crippen LogP contribution in [0.3, 0.4) is 0 Å². The van der Waals surface area contributed by atoms with E-state index >= 15 is 0 Å². The molecule has 1 aliphatic rings. The molecular formula is C13H20ClN5O3. The van der Waals surface area contributed by atoms with Crippen LogP contribution >= 0.6 is 12.4 Å². The summed E-state index contributed by atoms with van der Waals surface area (Å²) in [4.78, 5) is 31.3. The van der Waals surface area contributed by atoms with Crippen LogP contribution in [0.15, 0.2) is 18.6 Å². The normalized spacial score (nSPS) is 20.6. The molecule has 0 unspecified atom stereocenters. The van der Waals surface area contributed by atoms with Crippen LogP contribution < -0.4 is 16.0 Å². The fraction of sp³-hybridized carbons (Fsp3) is 0.538. The van der Waals surface area contributed by atoms with E-state index < -0.39 is 0 Å². The van der Waals surface area contributed by atoms with Crippen LogP contribution in [0.4, 0.5) is 0 Å². The first-order chi connectivity index (χ1) is 10.2. The minimum atomic E-state index is -0.352. The SMILES string of the molecule is C[C@H]1OCCN[C@@H]1C(=O)NCCNC(=O)c1cnccn1.Cl. The Balaban J connectivity index is 0.00000242. The van der Waals surface area contributed by atoms with E-state index in [1.165, 1.54) is 18.6 Å². The first kappa shape index (κ1) is 18.3. The highest BCUT2D eigenvalue weighted by atomic mass is 35.5. The summed E-state index contributed by atoms with van der Waals surface area (Å²) in [7, 11) is 0.